The standard InChI is InChI=1S/C58H34N2S4/c1-3-11-37(12-4-1)59(39-21-25-53-49(31-39)43-15-7-9-17-51(43)61-53)41-19-23-45-47-27-35-30-56-48(28-36(35)29-55(47)63-57(45)33-41)46-24-20-42(34-58(46)64-56)60(38-13-5-2-6-14-38)40-22-26-54-50(32-40)44-16-8-10-18-52(44)62-54/h1-34H. The zero-order valence-corrected chi connectivity index (χ0v) is 37.4. The summed E-state index contributed by atoms with van der Waals surface area (Å²) in [6.07, 6.45) is 0. The van der Waals surface area contributed by atoms with Gasteiger partial charge in [-0.2, -0.15) is 0 Å². The molecule has 0 aliphatic carbocycles. The average molecular weight is 887 g/mol. The highest BCUT2D eigenvalue weighted by atomic mass is 32.1. The molecule has 0 aliphatic rings. The van der Waals surface area contributed by atoms with Gasteiger partial charge in [0.25, 0.3) is 0 Å². The molecule has 0 bridgehead atoms. The SMILES string of the molecule is c1ccc(N(c2ccc3c(c2)sc2cc4cc5c(cc4cc23)sc2cc(N(c3ccccc3)c3ccc4sc6ccccc6c4c3)ccc25)c2ccc3sc4ccccc4c3c2)cc1. The maximum Gasteiger partial charge on any atom is 0.0476 e. The molecular formula is C58H34N2S4. The van der Waals surface area contributed by atoms with Crippen LogP contribution in [0.25, 0.3) is 91.5 Å². The summed E-state index contributed by atoms with van der Waals surface area (Å²) in [6, 6.07) is 76.6. The molecule has 0 radical (unpaired) electrons. The fraction of sp³-hybridized carbons (Fsp3) is 0. The van der Waals surface area contributed by atoms with Crippen molar-refractivity contribution in [2.45, 2.75) is 0 Å². The maximum atomic E-state index is 2.42. The van der Waals surface area contributed by atoms with E-state index in [0.29, 0.717) is 0 Å². The molecule has 14 rings (SSSR count). The van der Waals surface area contributed by atoms with Crippen molar-refractivity contribution >= 4 is 171 Å². The maximum absolute atomic E-state index is 2.42. The zero-order valence-electron chi connectivity index (χ0n) is 34.2. The molecule has 0 saturated heterocycles. The second-order valence-electron chi connectivity index (χ2n) is 16.5. The van der Waals surface area contributed by atoms with Gasteiger partial charge in [-0.15, -0.1) is 45.3 Å². The minimum Gasteiger partial charge on any atom is -0.310 e. The molecule has 4 aromatic heterocycles. The van der Waals surface area contributed by atoms with E-state index in [1.165, 1.54) is 91.5 Å². The highest BCUT2D eigenvalue weighted by Gasteiger charge is 2.19. The number of hydrogen-bond donors (Lipinski definition) is 0. The molecule has 64 heavy (non-hydrogen) atoms. The lowest BCUT2D eigenvalue weighted by atomic mass is 10.0. The van der Waals surface area contributed by atoms with Crippen LogP contribution in [0.1, 0.15) is 0 Å². The Morgan fingerprint density at radius 1 is 0.203 bits per heavy atom. The summed E-state index contributed by atoms with van der Waals surface area (Å²) in [5, 5.41) is 13.0. The fourth-order valence-electron chi connectivity index (χ4n) is 9.80. The topological polar surface area (TPSA) is 6.48 Å². The number of fused-ring (bicyclic) bond motifs is 13. The molecule has 0 aliphatic heterocycles. The summed E-state index contributed by atoms with van der Waals surface area (Å²) in [6.45, 7) is 0. The number of nitrogens with zero attached hydrogens (tertiary/aromatic N) is 2. The van der Waals surface area contributed by atoms with Crippen LogP contribution < -0.4 is 9.80 Å². The molecule has 0 amide bonds. The average Bonchev–Trinajstić information content (AvgIpc) is 4.10. The molecule has 0 saturated carbocycles. The molecule has 0 N–H and O–H groups in total. The Labute approximate surface area is 384 Å². The number of thiophene rings is 4. The van der Waals surface area contributed by atoms with Crippen LogP contribution in [0.4, 0.5) is 34.1 Å². The minimum atomic E-state index is 1.15. The van der Waals surface area contributed by atoms with E-state index in [2.05, 4.69) is 216 Å². The van der Waals surface area contributed by atoms with Crippen molar-refractivity contribution in [2.24, 2.45) is 0 Å². The summed E-state index contributed by atoms with van der Waals surface area (Å²) >= 11 is 7.51. The van der Waals surface area contributed by atoms with Crippen molar-refractivity contribution < 1.29 is 0 Å². The summed E-state index contributed by atoms with van der Waals surface area (Å²) in [4.78, 5) is 4.81. The summed E-state index contributed by atoms with van der Waals surface area (Å²) in [5.41, 5.74) is 6.93. The van der Waals surface area contributed by atoms with Crippen molar-refractivity contribution in [1.82, 2.24) is 0 Å². The van der Waals surface area contributed by atoms with Crippen molar-refractivity contribution in [3.63, 3.8) is 0 Å². The lowest BCUT2D eigenvalue weighted by Gasteiger charge is -2.25. The van der Waals surface area contributed by atoms with E-state index in [4.69, 9.17) is 0 Å². The zero-order chi connectivity index (χ0) is 41.9. The van der Waals surface area contributed by atoms with Gasteiger partial charge in [-0.3, -0.25) is 0 Å². The lowest BCUT2D eigenvalue weighted by Crippen LogP contribution is -2.09. The van der Waals surface area contributed by atoms with Crippen LogP contribution in [-0.4, -0.2) is 0 Å². The molecule has 14 aromatic rings. The van der Waals surface area contributed by atoms with Gasteiger partial charge >= 0.3 is 0 Å². The van der Waals surface area contributed by atoms with Gasteiger partial charge in [-0.05, 0) is 132 Å². The number of para-hydroxylation sites is 2. The van der Waals surface area contributed by atoms with Gasteiger partial charge in [-0.1, -0.05) is 84.9 Å². The fourth-order valence-corrected chi connectivity index (χ4v) is 14.3. The van der Waals surface area contributed by atoms with Crippen LogP contribution in [0.3, 0.4) is 0 Å². The van der Waals surface area contributed by atoms with Gasteiger partial charge in [0.2, 0.25) is 0 Å². The van der Waals surface area contributed by atoms with Crippen LogP contribution in [0.2, 0.25) is 0 Å². The molecule has 300 valence electrons. The normalized spacial score (nSPS) is 12.1. The number of anilines is 6. The van der Waals surface area contributed by atoms with Gasteiger partial charge in [0.1, 0.15) is 0 Å². The smallest absolute Gasteiger partial charge is 0.0476 e. The molecular weight excluding hydrogens is 853 g/mol. The van der Waals surface area contributed by atoms with E-state index in [0.717, 1.165) is 34.1 Å². The third-order valence-electron chi connectivity index (χ3n) is 12.8. The van der Waals surface area contributed by atoms with Gasteiger partial charge in [-0.25, -0.2) is 0 Å². The third-order valence-corrected chi connectivity index (χ3v) is 17.3. The number of benzene rings is 10. The Balaban J connectivity index is 0.865. The van der Waals surface area contributed by atoms with Gasteiger partial charge in [0, 0.05) is 115 Å². The van der Waals surface area contributed by atoms with E-state index in [1.54, 1.807) is 0 Å². The van der Waals surface area contributed by atoms with E-state index in [-0.39, 0.29) is 0 Å². The summed E-state index contributed by atoms with van der Waals surface area (Å²) in [5.74, 6) is 0. The molecule has 2 nitrogen and oxygen atoms in total. The Kier molecular flexibility index (Phi) is 8.10. The van der Waals surface area contributed by atoms with E-state index >= 15 is 0 Å². The lowest BCUT2D eigenvalue weighted by molar-refractivity contribution is 1.30. The van der Waals surface area contributed by atoms with Crippen LogP contribution >= 0.6 is 45.3 Å². The van der Waals surface area contributed by atoms with Crippen LogP contribution in [-0.2, 0) is 0 Å². The monoisotopic (exact) mass is 886 g/mol. The second kappa shape index (κ2) is 14.2. The first-order valence-electron chi connectivity index (χ1n) is 21.5. The number of rotatable bonds is 6. The van der Waals surface area contributed by atoms with Gasteiger partial charge in [0.15, 0.2) is 0 Å². The van der Waals surface area contributed by atoms with Crippen LogP contribution in [0, 0.1) is 0 Å². The molecule has 4 heterocycles. The van der Waals surface area contributed by atoms with Crippen molar-refractivity contribution in [3.05, 3.63) is 206 Å². The Bertz CT molecular complexity index is 3890. The van der Waals surface area contributed by atoms with Crippen LogP contribution in [0.5, 0.6) is 0 Å². The summed E-state index contributed by atoms with van der Waals surface area (Å²) < 4.78 is 10.5. The first-order valence-corrected chi connectivity index (χ1v) is 24.7. The largest absolute Gasteiger partial charge is 0.310 e. The molecule has 0 unspecified atom stereocenters. The molecule has 0 spiro atoms. The molecule has 6 heteroatoms. The predicted octanol–water partition coefficient (Wildman–Crippen LogP) is 19.3. The Morgan fingerprint density at radius 2 is 0.531 bits per heavy atom. The van der Waals surface area contributed by atoms with Crippen molar-refractivity contribution in [2.75, 3.05) is 9.80 Å². The first kappa shape index (κ1) is 36.4. The quantitative estimate of drug-likeness (QED) is 0.164. The molecule has 0 fully saturated rings. The van der Waals surface area contributed by atoms with E-state index in [9.17, 15) is 0 Å². The van der Waals surface area contributed by atoms with Gasteiger partial charge in [0.05, 0.1) is 0 Å². The van der Waals surface area contributed by atoms with Crippen LogP contribution in [0.15, 0.2) is 206 Å². The van der Waals surface area contributed by atoms with Crippen molar-refractivity contribution in [3.8, 4) is 0 Å². The van der Waals surface area contributed by atoms with Gasteiger partial charge < -0.3 is 9.80 Å². The second-order valence-corrected chi connectivity index (χ2v) is 20.8. The minimum absolute atomic E-state index is 1.15. The Morgan fingerprint density at radius 3 is 1.00 bits per heavy atom. The molecule has 10 aromatic carbocycles. The first-order chi connectivity index (χ1) is 31.7. The highest BCUT2D eigenvalue weighted by Crippen LogP contribution is 2.47. The summed E-state index contributed by atoms with van der Waals surface area (Å²) in [7, 11) is 0. The predicted molar refractivity (Wildman–Crippen MR) is 285 cm³/mol. The molecule has 0 atom stereocenters. The Hall–Kier alpha value is -7.06. The third kappa shape index (κ3) is 5.74. The highest BCUT2D eigenvalue weighted by molar-refractivity contribution is 7.27. The van der Waals surface area contributed by atoms with E-state index < -0.39 is 0 Å². The van der Waals surface area contributed by atoms with Crippen molar-refractivity contribution in [1.29, 1.82) is 0 Å². The van der Waals surface area contributed by atoms with E-state index in [1.807, 2.05) is 45.3 Å². The number of hydrogen-bond acceptors (Lipinski definition) is 6.